The van der Waals surface area contributed by atoms with Gasteiger partial charge in [-0.1, -0.05) is 30.3 Å². The predicted molar refractivity (Wildman–Crippen MR) is 108 cm³/mol. The first-order valence-electron chi connectivity index (χ1n) is 9.83. The number of H-pyrrole nitrogens is 1. The second-order valence-corrected chi connectivity index (χ2v) is 7.91. The molecule has 2 aromatic carbocycles. The van der Waals surface area contributed by atoms with E-state index in [4.69, 9.17) is 0 Å². The molecule has 0 saturated carbocycles. The van der Waals surface area contributed by atoms with Crippen molar-refractivity contribution in [3.63, 3.8) is 0 Å². The molecule has 0 spiro atoms. The molecule has 1 aliphatic rings. The molecule has 0 aliphatic carbocycles. The number of piperidine rings is 1. The molecule has 0 radical (unpaired) electrons. The Bertz CT molecular complexity index is 894. The molecule has 1 aromatic heterocycles. The summed E-state index contributed by atoms with van der Waals surface area (Å²) in [5.74, 6) is -0.241. The fraction of sp³-hybridized carbons (Fsp3) is 0.348. The van der Waals surface area contributed by atoms with Crippen molar-refractivity contribution in [2.45, 2.75) is 25.8 Å². The Morgan fingerprint density at radius 1 is 1.11 bits per heavy atom. The maximum absolute atomic E-state index is 13.2. The number of halogens is 1. The first kappa shape index (κ1) is 18.8. The number of hydrogen-bond acceptors (Lipinski definition) is 3. The lowest BCUT2D eigenvalue weighted by Gasteiger charge is -2.42. The van der Waals surface area contributed by atoms with Gasteiger partial charge < -0.3 is 5.11 Å². The Kier molecular flexibility index (Phi) is 5.55. The first-order valence-corrected chi connectivity index (χ1v) is 9.83. The highest BCUT2D eigenvalue weighted by molar-refractivity contribution is 5.62. The molecule has 1 atom stereocenters. The zero-order valence-corrected chi connectivity index (χ0v) is 15.9. The Morgan fingerprint density at radius 3 is 2.64 bits per heavy atom. The van der Waals surface area contributed by atoms with Gasteiger partial charge in [-0.15, -0.1) is 0 Å². The van der Waals surface area contributed by atoms with Crippen LogP contribution >= 0.6 is 0 Å². The van der Waals surface area contributed by atoms with E-state index in [1.54, 1.807) is 12.1 Å². The van der Waals surface area contributed by atoms with Crippen molar-refractivity contribution in [3.8, 4) is 11.3 Å². The summed E-state index contributed by atoms with van der Waals surface area (Å²) in [5.41, 5.74) is 4.12. The predicted octanol–water partition coefficient (Wildman–Crippen LogP) is 4.03. The second-order valence-electron chi connectivity index (χ2n) is 7.91. The quantitative estimate of drug-likeness (QED) is 0.680. The molecule has 1 fully saturated rings. The molecule has 0 bridgehead atoms. The van der Waals surface area contributed by atoms with Crippen LogP contribution in [0.4, 0.5) is 4.39 Å². The Labute approximate surface area is 165 Å². The van der Waals surface area contributed by atoms with Gasteiger partial charge in [0.1, 0.15) is 5.82 Å². The van der Waals surface area contributed by atoms with Gasteiger partial charge in [-0.2, -0.15) is 5.10 Å². The van der Waals surface area contributed by atoms with Crippen LogP contribution in [-0.2, 0) is 13.0 Å². The third-order valence-corrected chi connectivity index (χ3v) is 5.74. The Balaban J connectivity index is 1.50. The van der Waals surface area contributed by atoms with E-state index in [2.05, 4.69) is 39.4 Å². The minimum Gasteiger partial charge on any atom is -0.396 e. The highest BCUT2D eigenvalue weighted by Gasteiger charge is 2.35. The zero-order valence-electron chi connectivity index (χ0n) is 15.9. The number of nitrogens with zero attached hydrogens (tertiary/aromatic N) is 2. The van der Waals surface area contributed by atoms with Crippen LogP contribution in [0.5, 0.6) is 0 Å². The van der Waals surface area contributed by atoms with Crippen LogP contribution in [0, 0.1) is 11.2 Å². The summed E-state index contributed by atoms with van der Waals surface area (Å²) in [4.78, 5) is 2.40. The van der Waals surface area contributed by atoms with E-state index in [-0.39, 0.29) is 17.8 Å². The van der Waals surface area contributed by atoms with Crippen molar-refractivity contribution in [2.75, 3.05) is 19.7 Å². The Hall–Kier alpha value is -2.50. The molecule has 5 heteroatoms. The van der Waals surface area contributed by atoms with E-state index < -0.39 is 0 Å². The second kappa shape index (κ2) is 8.25. The lowest BCUT2D eigenvalue weighted by atomic mass is 9.75. The number of aromatic amines is 1. The molecule has 2 N–H and O–H groups in total. The molecule has 146 valence electrons. The summed E-state index contributed by atoms with van der Waals surface area (Å²) in [6.45, 7) is 2.81. The highest BCUT2D eigenvalue weighted by Crippen LogP contribution is 2.34. The van der Waals surface area contributed by atoms with Crippen molar-refractivity contribution in [1.29, 1.82) is 0 Å². The summed E-state index contributed by atoms with van der Waals surface area (Å²) in [6.07, 6.45) is 4.84. The van der Waals surface area contributed by atoms with Crippen molar-refractivity contribution < 1.29 is 9.50 Å². The van der Waals surface area contributed by atoms with Crippen LogP contribution in [0.1, 0.15) is 24.0 Å². The van der Waals surface area contributed by atoms with Crippen LogP contribution in [0.3, 0.4) is 0 Å². The van der Waals surface area contributed by atoms with E-state index in [1.807, 2.05) is 12.3 Å². The maximum Gasteiger partial charge on any atom is 0.123 e. The van der Waals surface area contributed by atoms with E-state index >= 15 is 0 Å². The molecule has 0 amide bonds. The van der Waals surface area contributed by atoms with Gasteiger partial charge in [0.05, 0.1) is 18.5 Å². The number of benzene rings is 2. The first-order chi connectivity index (χ1) is 13.7. The fourth-order valence-corrected chi connectivity index (χ4v) is 4.34. The van der Waals surface area contributed by atoms with Gasteiger partial charge in [-0.05, 0) is 55.6 Å². The van der Waals surface area contributed by atoms with Crippen LogP contribution in [0.25, 0.3) is 11.3 Å². The summed E-state index contributed by atoms with van der Waals surface area (Å²) in [5, 5.41) is 17.5. The van der Waals surface area contributed by atoms with E-state index in [9.17, 15) is 9.50 Å². The van der Waals surface area contributed by atoms with Gasteiger partial charge in [0, 0.05) is 29.6 Å². The van der Waals surface area contributed by atoms with Crippen LogP contribution in [0.2, 0.25) is 0 Å². The SMILES string of the molecule is OCC1(Cc2ccccc2)CCCN(Cc2cn[nH]c2-c2ccc(F)cc2)C1. The van der Waals surface area contributed by atoms with Gasteiger partial charge in [-0.25, -0.2) is 4.39 Å². The van der Waals surface area contributed by atoms with E-state index in [0.717, 1.165) is 55.7 Å². The van der Waals surface area contributed by atoms with Gasteiger partial charge in [-0.3, -0.25) is 10.00 Å². The van der Waals surface area contributed by atoms with Gasteiger partial charge in [0.25, 0.3) is 0 Å². The maximum atomic E-state index is 13.2. The lowest BCUT2D eigenvalue weighted by molar-refractivity contribution is 0.0289. The molecule has 4 nitrogen and oxygen atoms in total. The lowest BCUT2D eigenvalue weighted by Crippen LogP contribution is -2.46. The van der Waals surface area contributed by atoms with Crippen molar-refractivity contribution in [3.05, 3.63) is 77.7 Å². The standard InChI is InChI=1S/C23H26FN3O/c24-21-9-7-19(8-10-21)22-20(14-25-26-22)15-27-12-4-11-23(16-27,17-28)13-18-5-2-1-3-6-18/h1-3,5-10,14,28H,4,11-13,15-17H2,(H,25,26). The van der Waals surface area contributed by atoms with Crippen molar-refractivity contribution in [1.82, 2.24) is 15.1 Å². The number of aromatic nitrogens is 2. The normalized spacial score (nSPS) is 20.4. The summed E-state index contributed by atoms with van der Waals surface area (Å²) >= 11 is 0. The van der Waals surface area contributed by atoms with Crippen molar-refractivity contribution >= 4 is 0 Å². The van der Waals surface area contributed by atoms with Gasteiger partial charge >= 0.3 is 0 Å². The van der Waals surface area contributed by atoms with Crippen LogP contribution in [-0.4, -0.2) is 39.9 Å². The number of nitrogens with one attached hydrogen (secondary N) is 1. The van der Waals surface area contributed by atoms with Crippen LogP contribution in [0.15, 0.2) is 60.8 Å². The van der Waals surface area contributed by atoms with Gasteiger partial charge in [0.2, 0.25) is 0 Å². The molecule has 4 rings (SSSR count). The fourth-order valence-electron chi connectivity index (χ4n) is 4.34. The van der Waals surface area contributed by atoms with E-state index in [0.29, 0.717) is 0 Å². The average molecular weight is 379 g/mol. The topological polar surface area (TPSA) is 52.1 Å². The molecule has 1 unspecified atom stereocenters. The molecular formula is C23H26FN3O. The number of likely N-dealkylation sites (tertiary alicyclic amines) is 1. The summed E-state index contributed by atoms with van der Waals surface area (Å²) in [6, 6.07) is 16.9. The third-order valence-electron chi connectivity index (χ3n) is 5.74. The molecular weight excluding hydrogens is 353 g/mol. The largest absolute Gasteiger partial charge is 0.396 e. The third kappa shape index (κ3) is 4.16. The molecule has 2 heterocycles. The van der Waals surface area contributed by atoms with E-state index in [1.165, 1.54) is 17.7 Å². The minimum absolute atomic E-state index is 0.112. The number of aliphatic hydroxyl groups is 1. The number of rotatable bonds is 6. The van der Waals surface area contributed by atoms with Crippen molar-refractivity contribution in [2.24, 2.45) is 5.41 Å². The number of hydrogen-bond donors (Lipinski definition) is 2. The summed E-state index contributed by atoms with van der Waals surface area (Å²) in [7, 11) is 0. The van der Waals surface area contributed by atoms with Gasteiger partial charge in [0.15, 0.2) is 0 Å². The molecule has 3 aromatic rings. The molecule has 1 saturated heterocycles. The highest BCUT2D eigenvalue weighted by atomic mass is 19.1. The monoisotopic (exact) mass is 379 g/mol. The summed E-state index contributed by atoms with van der Waals surface area (Å²) < 4.78 is 13.2. The molecule has 28 heavy (non-hydrogen) atoms. The smallest absolute Gasteiger partial charge is 0.123 e. The Morgan fingerprint density at radius 2 is 1.89 bits per heavy atom. The molecule has 1 aliphatic heterocycles. The average Bonchev–Trinajstić information content (AvgIpc) is 3.17. The number of aliphatic hydroxyl groups excluding tert-OH is 1. The minimum atomic E-state index is -0.241. The zero-order chi connectivity index (χ0) is 19.4. The van der Waals surface area contributed by atoms with Crippen LogP contribution < -0.4 is 0 Å².